The third kappa shape index (κ3) is 2.67. The van der Waals surface area contributed by atoms with Gasteiger partial charge in [-0.1, -0.05) is 12.1 Å². The monoisotopic (exact) mass is 254 g/mol. The maximum Gasteiger partial charge on any atom is 0.272 e. The van der Waals surface area contributed by atoms with Crippen molar-refractivity contribution in [3.8, 4) is 0 Å². The van der Waals surface area contributed by atoms with E-state index >= 15 is 0 Å². The second-order valence-electron chi connectivity index (χ2n) is 2.82. The van der Waals surface area contributed by atoms with Gasteiger partial charge in [0.1, 0.15) is 10.3 Å². The van der Waals surface area contributed by atoms with Crippen molar-refractivity contribution in [3.05, 3.63) is 41.2 Å². The van der Waals surface area contributed by atoms with Gasteiger partial charge in [0.2, 0.25) is 0 Å². The summed E-state index contributed by atoms with van der Waals surface area (Å²) in [4.78, 5) is 17.3. The van der Waals surface area contributed by atoms with Gasteiger partial charge in [0, 0.05) is 13.6 Å². The van der Waals surface area contributed by atoms with Crippen LogP contribution >= 0.6 is 15.9 Å². The highest BCUT2D eigenvalue weighted by atomic mass is 79.9. The molecule has 14 heavy (non-hydrogen) atoms. The van der Waals surface area contributed by atoms with Crippen LogP contribution in [0.15, 0.2) is 35.5 Å². The maximum absolute atomic E-state index is 11.7. The van der Waals surface area contributed by atoms with Crippen LogP contribution in [-0.4, -0.2) is 29.4 Å². The smallest absolute Gasteiger partial charge is 0.272 e. The first kappa shape index (κ1) is 10.9. The van der Waals surface area contributed by atoms with Crippen LogP contribution < -0.4 is 0 Å². The van der Waals surface area contributed by atoms with Crippen LogP contribution in [0, 0.1) is 0 Å². The highest BCUT2D eigenvalue weighted by Crippen LogP contribution is 2.07. The first-order valence-electron chi connectivity index (χ1n) is 4.14. The average molecular weight is 255 g/mol. The summed E-state index contributed by atoms with van der Waals surface area (Å²) in [5.74, 6) is -0.105. The van der Waals surface area contributed by atoms with E-state index in [4.69, 9.17) is 0 Å². The van der Waals surface area contributed by atoms with Crippen LogP contribution in [0.25, 0.3) is 0 Å². The van der Waals surface area contributed by atoms with Gasteiger partial charge < -0.3 is 4.90 Å². The van der Waals surface area contributed by atoms with Crippen LogP contribution in [0.2, 0.25) is 0 Å². The Labute approximate surface area is 91.6 Å². The number of pyridine rings is 1. The molecule has 1 aromatic rings. The molecule has 0 bridgehead atoms. The second kappa shape index (κ2) is 4.91. The SMILES string of the molecule is C=CCN(C)C(=O)c1cccc(Br)n1. The fourth-order valence-corrected chi connectivity index (χ4v) is 1.34. The van der Waals surface area contributed by atoms with Crippen LogP contribution in [0.4, 0.5) is 0 Å². The molecule has 0 aliphatic carbocycles. The summed E-state index contributed by atoms with van der Waals surface area (Å²) >= 11 is 3.22. The van der Waals surface area contributed by atoms with Crippen molar-refractivity contribution >= 4 is 21.8 Å². The quantitative estimate of drug-likeness (QED) is 0.612. The van der Waals surface area contributed by atoms with Crippen molar-refractivity contribution in [3.63, 3.8) is 0 Å². The van der Waals surface area contributed by atoms with Gasteiger partial charge in [-0.2, -0.15) is 0 Å². The summed E-state index contributed by atoms with van der Waals surface area (Å²) in [5.41, 5.74) is 0.434. The Bertz CT molecular complexity index is 352. The molecule has 0 radical (unpaired) electrons. The molecule has 1 amide bonds. The number of hydrogen-bond donors (Lipinski definition) is 0. The molecule has 0 aliphatic heterocycles. The maximum atomic E-state index is 11.7. The molecular weight excluding hydrogens is 244 g/mol. The Morgan fingerprint density at radius 1 is 1.71 bits per heavy atom. The number of amides is 1. The van der Waals surface area contributed by atoms with Crippen molar-refractivity contribution < 1.29 is 4.79 Å². The molecule has 0 spiro atoms. The molecule has 0 unspecified atom stereocenters. The summed E-state index contributed by atoms with van der Waals surface area (Å²) in [5, 5.41) is 0. The predicted octanol–water partition coefficient (Wildman–Crippen LogP) is 2.10. The van der Waals surface area contributed by atoms with Crippen molar-refractivity contribution in [1.29, 1.82) is 0 Å². The second-order valence-corrected chi connectivity index (χ2v) is 3.63. The molecule has 0 atom stereocenters. The molecule has 0 saturated carbocycles. The van der Waals surface area contributed by atoms with Crippen LogP contribution in [0.3, 0.4) is 0 Å². The molecule has 0 fully saturated rings. The van der Waals surface area contributed by atoms with Gasteiger partial charge in [0.05, 0.1) is 0 Å². The number of aromatic nitrogens is 1. The predicted molar refractivity (Wildman–Crippen MR) is 59.1 cm³/mol. The largest absolute Gasteiger partial charge is 0.337 e. The van der Waals surface area contributed by atoms with E-state index in [0.717, 1.165) is 0 Å². The minimum atomic E-state index is -0.105. The van der Waals surface area contributed by atoms with Crippen molar-refractivity contribution in [2.75, 3.05) is 13.6 Å². The van der Waals surface area contributed by atoms with Gasteiger partial charge in [-0.3, -0.25) is 4.79 Å². The zero-order valence-electron chi connectivity index (χ0n) is 7.90. The summed E-state index contributed by atoms with van der Waals surface area (Å²) < 4.78 is 0.662. The highest BCUT2D eigenvalue weighted by Gasteiger charge is 2.11. The number of rotatable bonds is 3. The number of likely N-dealkylation sites (N-methyl/N-ethyl adjacent to an activating group) is 1. The van der Waals surface area contributed by atoms with Gasteiger partial charge in [0.15, 0.2) is 0 Å². The van der Waals surface area contributed by atoms with Crippen LogP contribution in [0.5, 0.6) is 0 Å². The van der Waals surface area contributed by atoms with E-state index in [-0.39, 0.29) is 5.91 Å². The van der Waals surface area contributed by atoms with Crippen LogP contribution in [-0.2, 0) is 0 Å². The minimum absolute atomic E-state index is 0.105. The molecule has 3 nitrogen and oxygen atoms in total. The van der Waals surface area contributed by atoms with Gasteiger partial charge in [-0.25, -0.2) is 4.98 Å². The Hall–Kier alpha value is -1.16. The fourth-order valence-electron chi connectivity index (χ4n) is 0.999. The Kier molecular flexibility index (Phi) is 3.83. The Morgan fingerprint density at radius 2 is 2.43 bits per heavy atom. The van der Waals surface area contributed by atoms with Gasteiger partial charge in [-0.15, -0.1) is 6.58 Å². The topological polar surface area (TPSA) is 33.2 Å². The summed E-state index contributed by atoms with van der Waals surface area (Å²) in [7, 11) is 1.71. The highest BCUT2D eigenvalue weighted by molar-refractivity contribution is 9.10. The van der Waals surface area contributed by atoms with Gasteiger partial charge in [0.25, 0.3) is 5.91 Å². The molecule has 1 rings (SSSR count). The standard InChI is InChI=1S/C10H11BrN2O/c1-3-7-13(2)10(14)8-5-4-6-9(11)12-8/h3-6H,1,7H2,2H3. The number of carbonyl (C=O) groups excluding carboxylic acids is 1. The summed E-state index contributed by atoms with van der Waals surface area (Å²) in [6, 6.07) is 5.25. The molecule has 0 saturated heterocycles. The van der Waals surface area contributed by atoms with E-state index in [9.17, 15) is 4.79 Å². The fraction of sp³-hybridized carbons (Fsp3) is 0.200. The first-order chi connectivity index (χ1) is 6.65. The van der Waals surface area contributed by atoms with E-state index < -0.39 is 0 Å². The first-order valence-corrected chi connectivity index (χ1v) is 4.93. The number of hydrogen-bond acceptors (Lipinski definition) is 2. The van der Waals surface area contributed by atoms with Gasteiger partial charge >= 0.3 is 0 Å². The lowest BCUT2D eigenvalue weighted by atomic mass is 10.3. The van der Waals surface area contributed by atoms with E-state index in [2.05, 4.69) is 27.5 Å². The summed E-state index contributed by atoms with van der Waals surface area (Å²) in [6.45, 7) is 4.09. The van der Waals surface area contributed by atoms with E-state index in [1.807, 2.05) is 0 Å². The normalized spacial score (nSPS) is 9.57. The number of halogens is 1. The van der Waals surface area contributed by atoms with E-state index in [1.54, 1.807) is 36.2 Å². The zero-order chi connectivity index (χ0) is 10.6. The third-order valence-corrected chi connectivity index (χ3v) is 2.13. The molecule has 0 aromatic carbocycles. The molecule has 4 heteroatoms. The molecule has 1 heterocycles. The number of nitrogens with zero attached hydrogens (tertiary/aromatic N) is 2. The van der Waals surface area contributed by atoms with Gasteiger partial charge in [-0.05, 0) is 28.1 Å². The zero-order valence-corrected chi connectivity index (χ0v) is 9.49. The van der Waals surface area contributed by atoms with E-state index in [0.29, 0.717) is 16.8 Å². The van der Waals surface area contributed by atoms with Crippen molar-refractivity contribution in [1.82, 2.24) is 9.88 Å². The van der Waals surface area contributed by atoms with Crippen molar-refractivity contribution in [2.24, 2.45) is 0 Å². The molecule has 0 aliphatic rings. The molecular formula is C10H11BrN2O. The number of carbonyl (C=O) groups is 1. The minimum Gasteiger partial charge on any atom is -0.337 e. The lowest BCUT2D eigenvalue weighted by Crippen LogP contribution is -2.27. The lowest BCUT2D eigenvalue weighted by Gasteiger charge is -2.13. The van der Waals surface area contributed by atoms with Crippen LogP contribution in [0.1, 0.15) is 10.5 Å². The Morgan fingerprint density at radius 3 is 3.00 bits per heavy atom. The Balaban J connectivity index is 2.83. The molecule has 1 aromatic heterocycles. The lowest BCUT2D eigenvalue weighted by molar-refractivity contribution is 0.0804. The molecule has 74 valence electrons. The van der Waals surface area contributed by atoms with E-state index in [1.165, 1.54) is 0 Å². The summed E-state index contributed by atoms with van der Waals surface area (Å²) in [6.07, 6.45) is 1.68. The molecule has 0 N–H and O–H groups in total. The average Bonchev–Trinajstić information content (AvgIpc) is 2.17. The van der Waals surface area contributed by atoms with Crippen molar-refractivity contribution in [2.45, 2.75) is 0 Å². The third-order valence-electron chi connectivity index (χ3n) is 1.68.